The molecule has 7 aromatic carbocycles. The number of para-hydroxylation sites is 2. The molecule has 0 amide bonds. The monoisotopic (exact) mass is 631 g/mol. The quantitative estimate of drug-likeness (QED) is 0.190. The second kappa shape index (κ2) is 8.59. The molecule has 0 bridgehead atoms. The number of hydrogen-bond acceptors (Lipinski definition) is 4. The van der Waals surface area contributed by atoms with Gasteiger partial charge < -0.3 is 0 Å². The Kier molecular flexibility index (Phi) is 4.49. The number of fused-ring (bicyclic) bond motifs is 5. The first kappa shape index (κ1) is 24.6. The van der Waals surface area contributed by atoms with Crippen molar-refractivity contribution in [1.82, 2.24) is 14.5 Å². The van der Waals surface area contributed by atoms with Crippen LogP contribution in [0.4, 0.5) is 0 Å². The van der Waals surface area contributed by atoms with Crippen LogP contribution in [0, 0.1) is 0 Å². The van der Waals surface area contributed by atoms with Gasteiger partial charge in [-0.15, -0.1) is 22.7 Å². The Morgan fingerprint density at radius 2 is 1.13 bits per heavy atom. The van der Waals surface area contributed by atoms with Gasteiger partial charge in [0.15, 0.2) is 5.82 Å². The maximum Gasteiger partial charge on any atom is 0.165 e. The van der Waals surface area contributed by atoms with Crippen LogP contribution in [-0.4, -0.2) is 14.5 Å². The van der Waals surface area contributed by atoms with Crippen molar-refractivity contribution in [2.75, 3.05) is 0 Å². The zero-order chi connectivity index (χ0) is 30.4. The fraction of sp³-hybridized carbons (Fsp3) is 0. The second-order valence-electron chi connectivity index (χ2n) is 12.5. The van der Waals surface area contributed by atoms with Crippen molar-refractivity contribution >= 4 is 107 Å². The Balaban J connectivity index is 1.28. The van der Waals surface area contributed by atoms with Crippen LogP contribution in [0.5, 0.6) is 0 Å². The molecule has 0 saturated heterocycles. The smallest absolute Gasteiger partial charge is 0.165 e. The van der Waals surface area contributed by atoms with Crippen LogP contribution in [0.2, 0.25) is 0 Å². The van der Waals surface area contributed by atoms with Crippen LogP contribution in [0.15, 0.2) is 127 Å². The molecule has 0 atom stereocenters. The lowest BCUT2D eigenvalue weighted by Crippen LogP contribution is -2.03. The van der Waals surface area contributed by atoms with Gasteiger partial charge in [-0.2, -0.15) is 0 Å². The number of hydrogen-bond donors (Lipinski definition) is 0. The fourth-order valence-electron chi connectivity index (χ4n) is 8.17. The Labute approximate surface area is 275 Å². The Hall–Kier alpha value is -5.62. The fourth-order valence-corrected chi connectivity index (χ4v) is 10.5. The lowest BCUT2D eigenvalue weighted by atomic mass is 9.95. The molecule has 0 unspecified atom stereocenters. The molecule has 47 heavy (non-hydrogen) atoms. The molecule has 0 saturated carbocycles. The third-order valence-electron chi connectivity index (χ3n) is 10.1. The van der Waals surface area contributed by atoms with Gasteiger partial charge in [0.05, 0.1) is 22.1 Å². The minimum absolute atomic E-state index is 0.862. The summed E-state index contributed by atoms with van der Waals surface area (Å²) >= 11 is 3.73. The molecule has 4 aromatic heterocycles. The molecule has 4 heterocycles. The van der Waals surface area contributed by atoms with E-state index in [0.717, 1.165) is 33.6 Å². The first-order valence-electron chi connectivity index (χ1n) is 15.8. The molecule has 216 valence electrons. The van der Waals surface area contributed by atoms with E-state index >= 15 is 0 Å². The molecule has 3 nitrogen and oxygen atoms in total. The van der Waals surface area contributed by atoms with Crippen LogP contribution in [0.3, 0.4) is 0 Å². The summed E-state index contributed by atoms with van der Waals surface area (Å²) in [5.41, 5.74) is 8.70. The van der Waals surface area contributed by atoms with Crippen LogP contribution in [0.25, 0.3) is 112 Å². The van der Waals surface area contributed by atoms with Gasteiger partial charge in [0.1, 0.15) is 5.69 Å². The summed E-state index contributed by atoms with van der Waals surface area (Å²) in [6.07, 6.45) is 0. The topological polar surface area (TPSA) is 30.7 Å². The molecule has 1 aliphatic rings. The minimum atomic E-state index is 0.862. The predicted molar refractivity (Wildman–Crippen MR) is 202 cm³/mol. The highest BCUT2D eigenvalue weighted by Gasteiger charge is 2.27. The van der Waals surface area contributed by atoms with E-state index in [1.165, 1.54) is 78.5 Å². The van der Waals surface area contributed by atoms with Gasteiger partial charge >= 0.3 is 0 Å². The third-order valence-corrected chi connectivity index (χ3v) is 12.4. The van der Waals surface area contributed by atoms with Crippen LogP contribution < -0.4 is 0 Å². The first-order chi connectivity index (χ1) is 23.3. The third kappa shape index (κ3) is 3.06. The van der Waals surface area contributed by atoms with E-state index in [4.69, 9.17) is 9.97 Å². The summed E-state index contributed by atoms with van der Waals surface area (Å²) in [6, 6.07) is 46.5. The standard InChI is InChI=1S/C42H21N3S2/c1-4-13-32-24(8-1)25-17-15-23(21-35(25)46-32)41-42(44-29-12-3-2-11-28(29)43-41)45-30-18-16-22-7-5-9-26-27-10-6-14-33-37(27)40-34(47-33)20-19-31(45)39(40)38(30)36(22)26/h1-21H. The number of benzene rings is 7. The Morgan fingerprint density at radius 3 is 2.04 bits per heavy atom. The normalized spacial score (nSPS) is 12.7. The molecule has 5 heteroatoms. The van der Waals surface area contributed by atoms with Crippen molar-refractivity contribution in [2.24, 2.45) is 0 Å². The van der Waals surface area contributed by atoms with Crippen LogP contribution in [0.1, 0.15) is 0 Å². The van der Waals surface area contributed by atoms with Gasteiger partial charge in [-0.1, -0.05) is 78.9 Å². The van der Waals surface area contributed by atoms with E-state index in [-0.39, 0.29) is 0 Å². The lowest BCUT2D eigenvalue weighted by Gasteiger charge is -2.15. The number of rotatable bonds is 2. The van der Waals surface area contributed by atoms with E-state index in [2.05, 4.69) is 126 Å². The first-order valence-corrected chi connectivity index (χ1v) is 17.5. The number of aromatic nitrogens is 3. The molecule has 1 aliphatic carbocycles. The summed E-state index contributed by atoms with van der Waals surface area (Å²) in [5.74, 6) is 0.862. The Bertz CT molecular complexity index is 3200. The molecule has 0 aliphatic heterocycles. The van der Waals surface area contributed by atoms with Crippen molar-refractivity contribution in [2.45, 2.75) is 0 Å². The minimum Gasteiger partial charge on any atom is -0.292 e. The van der Waals surface area contributed by atoms with E-state index in [0.29, 0.717) is 0 Å². The molecular formula is C42H21N3S2. The van der Waals surface area contributed by atoms with Gasteiger partial charge in [-0.05, 0) is 70.4 Å². The van der Waals surface area contributed by atoms with Gasteiger partial charge in [0, 0.05) is 56.7 Å². The van der Waals surface area contributed by atoms with Gasteiger partial charge in [0.2, 0.25) is 0 Å². The Morgan fingerprint density at radius 1 is 0.447 bits per heavy atom. The van der Waals surface area contributed by atoms with E-state index in [1.54, 1.807) is 0 Å². The molecule has 12 rings (SSSR count). The summed E-state index contributed by atoms with van der Waals surface area (Å²) in [4.78, 5) is 10.8. The van der Waals surface area contributed by atoms with Crippen molar-refractivity contribution in [3.05, 3.63) is 127 Å². The van der Waals surface area contributed by atoms with Crippen molar-refractivity contribution in [3.63, 3.8) is 0 Å². The van der Waals surface area contributed by atoms with E-state index in [9.17, 15) is 0 Å². The maximum atomic E-state index is 5.45. The van der Waals surface area contributed by atoms with Crippen LogP contribution >= 0.6 is 22.7 Å². The van der Waals surface area contributed by atoms with Gasteiger partial charge in [0.25, 0.3) is 0 Å². The molecule has 11 aromatic rings. The number of thiophene rings is 2. The molecule has 0 spiro atoms. The lowest BCUT2D eigenvalue weighted by molar-refractivity contribution is 1.08. The second-order valence-corrected chi connectivity index (χ2v) is 14.7. The molecule has 0 radical (unpaired) electrons. The van der Waals surface area contributed by atoms with Gasteiger partial charge in [-0.3, -0.25) is 4.57 Å². The molecule has 0 N–H and O–H groups in total. The van der Waals surface area contributed by atoms with E-state index < -0.39 is 0 Å². The van der Waals surface area contributed by atoms with Crippen molar-refractivity contribution in [3.8, 4) is 28.2 Å². The van der Waals surface area contributed by atoms with E-state index in [1.807, 2.05) is 28.7 Å². The average Bonchev–Trinajstić information content (AvgIpc) is 3.76. The molecule has 0 fully saturated rings. The highest BCUT2D eigenvalue weighted by molar-refractivity contribution is 7.26. The predicted octanol–water partition coefficient (Wildman–Crippen LogP) is 12.3. The summed E-state index contributed by atoms with van der Waals surface area (Å²) < 4.78 is 7.61. The maximum absolute atomic E-state index is 5.45. The average molecular weight is 632 g/mol. The summed E-state index contributed by atoms with van der Waals surface area (Å²) in [5, 5.41) is 10.5. The zero-order valence-corrected chi connectivity index (χ0v) is 26.4. The van der Waals surface area contributed by atoms with Crippen molar-refractivity contribution < 1.29 is 0 Å². The highest BCUT2D eigenvalue weighted by atomic mass is 32.1. The van der Waals surface area contributed by atoms with Gasteiger partial charge in [-0.25, -0.2) is 9.97 Å². The highest BCUT2D eigenvalue weighted by Crippen LogP contribution is 2.52. The largest absolute Gasteiger partial charge is 0.292 e. The van der Waals surface area contributed by atoms with Crippen molar-refractivity contribution in [1.29, 1.82) is 0 Å². The summed E-state index contributed by atoms with van der Waals surface area (Å²) in [7, 11) is 0. The molecular weight excluding hydrogens is 611 g/mol. The van der Waals surface area contributed by atoms with Crippen LogP contribution in [-0.2, 0) is 0 Å². The summed E-state index contributed by atoms with van der Waals surface area (Å²) in [6.45, 7) is 0. The SMILES string of the molecule is c1cc2c3c(c1)ccc1c3c3c4c(ccc3n1-c1nc3ccccc3nc1-c1ccc3c(c1)sc1ccccc13)sc1cccc-2c14. The zero-order valence-electron chi connectivity index (χ0n) is 24.8. The number of nitrogens with zero attached hydrogens (tertiary/aromatic N) is 3.